The summed E-state index contributed by atoms with van der Waals surface area (Å²) in [6.07, 6.45) is 1.93. The van der Waals surface area contributed by atoms with Crippen LogP contribution in [0.1, 0.15) is 28.3 Å². The SMILES string of the molecule is O=S(=O)(c1c(F)cccc1F)N1CCN(C2c3ccccc3CCc3ccccc32)CC1. The average molecular weight is 455 g/mol. The molecular formula is C25H24F2N2O2S. The molecule has 1 aliphatic heterocycles. The first-order chi connectivity index (χ1) is 15.5. The third-order valence-corrected chi connectivity index (χ3v) is 8.47. The first-order valence-corrected chi connectivity index (χ1v) is 12.2. The van der Waals surface area contributed by atoms with Crippen LogP contribution in [-0.4, -0.2) is 43.8 Å². The fourth-order valence-electron chi connectivity index (χ4n) is 4.95. The quantitative estimate of drug-likeness (QED) is 0.597. The molecule has 32 heavy (non-hydrogen) atoms. The van der Waals surface area contributed by atoms with Crippen LogP contribution in [0.5, 0.6) is 0 Å². The summed E-state index contributed by atoms with van der Waals surface area (Å²) in [4.78, 5) is 1.42. The highest BCUT2D eigenvalue weighted by Gasteiger charge is 2.36. The molecule has 1 saturated heterocycles. The van der Waals surface area contributed by atoms with Gasteiger partial charge in [0.2, 0.25) is 10.0 Å². The van der Waals surface area contributed by atoms with E-state index in [0.29, 0.717) is 13.1 Å². The van der Waals surface area contributed by atoms with E-state index >= 15 is 0 Å². The molecule has 0 amide bonds. The maximum atomic E-state index is 14.2. The Kier molecular flexibility index (Phi) is 5.57. The van der Waals surface area contributed by atoms with Gasteiger partial charge in [0.15, 0.2) is 4.90 Å². The van der Waals surface area contributed by atoms with Crippen LogP contribution in [0, 0.1) is 11.6 Å². The first-order valence-electron chi connectivity index (χ1n) is 10.8. The molecule has 0 bridgehead atoms. The number of hydrogen-bond acceptors (Lipinski definition) is 3. The van der Waals surface area contributed by atoms with Gasteiger partial charge >= 0.3 is 0 Å². The van der Waals surface area contributed by atoms with Crippen molar-refractivity contribution in [3.63, 3.8) is 0 Å². The van der Waals surface area contributed by atoms with Crippen LogP contribution in [0.4, 0.5) is 8.78 Å². The van der Waals surface area contributed by atoms with E-state index in [1.807, 2.05) is 12.1 Å². The minimum Gasteiger partial charge on any atom is -0.290 e. The summed E-state index contributed by atoms with van der Waals surface area (Å²) in [5.74, 6) is -2.11. The lowest BCUT2D eigenvalue weighted by molar-refractivity contribution is 0.155. The number of piperazine rings is 1. The highest BCUT2D eigenvalue weighted by atomic mass is 32.2. The van der Waals surface area contributed by atoms with Crippen LogP contribution in [0.3, 0.4) is 0 Å². The van der Waals surface area contributed by atoms with Crippen molar-refractivity contribution in [1.29, 1.82) is 0 Å². The predicted molar refractivity (Wildman–Crippen MR) is 119 cm³/mol. The molecule has 0 atom stereocenters. The van der Waals surface area contributed by atoms with Gasteiger partial charge in [-0.3, -0.25) is 4.90 Å². The zero-order valence-corrected chi connectivity index (χ0v) is 18.4. The van der Waals surface area contributed by atoms with Crippen LogP contribution in [-0.2, 0) is 22.9 Å². The zero-order valence-electron chi connectivity index (χ0n) is 17.5. The molecule has 1 fully saturated rings. The van der Waals surface area contributed by atoms with Gasteiger partial charge in [-0.15, -0.1) is 0 Å². The summed E-state index contributed by atoms with van der Waals surface area (Å²) in [6, 6.07) is 20.0. The van der Waals surface area contributed by atoms with Gasteiger partial charge in [0.1, 0.15) is 11.6 Å². The maximum Gasteiger partial charge on any atom is 0.249 e. The molecule has 0 aromatic heterocycles. The molecule has 5 rings (SSSR count). The Labute approximate surface area is 187 Å². The summed E-state index contributed by atoms with van der Waals surface area (Å²) >= 11 is 0. The van der Waals surface area contributed by atoms with Crippen molar-refractivity contribution in [2.45, 2.75) is 23.8 Å². The number of hydrogen-bond donors (Lipinski definition) is 0. The molecule has 166 valence electrons. The number of benzene rings is 3. The third kappa shape index (κ3) is 3.64. The number of fused-ring (bicyclic) bond motifs is 2. The molecule has 0 spiro atoms. The van der Waals surface area contributed by atoms with E-state index in [1.54, 1.807) is 0 Å². The molecule has 0 N–H and O–H groups in total. The van der Waals surface area contributed by atoms with Gasteiger partial charge in [-0.05, 0) is 47.2 Å². The summed E-state index contributed by atoms with van der Waals surface area (Å²) in [6.45, 7) is 1.30. The van der Waals surface area contributed by atoms with E-state index in [2.05, 4.69) is 41.3 Å². The minimum absolute atomic E-state index is 0.0277. The van der Waals surface area contributed by atoms with Crippen molar-refractivity contribution < 1.29 is 17.2 Å². The van der Waals surface area contributed by atoms with Gasteiger partial charge < -0.3 is 0 Å². The molecule has 0 unspecified atom stereocenters. The molecule has 3 aromatic rings. The fraction of sp³-hybridized carbons (Fsp3) is 0.280. The van der Waals surface area contributed by atoms with Crippen molar-refractivity contribution in [3.8, 4) is 0 Å². The van der Waals surface area contributed by atoms with Gasteiger partial charge in [0, 0.05) is 26.2 Å². The lowest BCUT2D eigenvalue weighted by atomic mass is 9.93. The van der Waals surface area contributed by atoms with Crippen LogP contribution in [0.15, 0.2) is 71.6 Å². The maximum absolute atomic E-state index is 14.2. The van der Waals surface area contributed by atoms with Crippen molar-refractivity contribution in [2.75, 3.05) is 26.2 Å². The van der Waals surface area contributed by atoms with Gasteiger partial charge in [-0.1, -0.05) is 54.6 Å². The molecule has 0 radical (unpaired) electrons. The van der Waals surface area contributed by atoms with Crippen LogP contribution >= 0.6 is 0 Å². The fourth-order valence-corrected chi connectivity index (χ4v) is 6.48. The molecule has 0 saturated carbocycles. The molecule has 4 nitrogen and oxygen atoms in total. The predicted octanol–water partition coefficient (Wildman–Crippen LogP) is 4.16. The van der Waals surface area contributed by atoms with E-state index in [4.69, 9.17) is 0 Å². The van der Waals surface area contributed by atoms with Crippen LogP contribution < -0.4 is 0 Å². The van der Waals surface area contributed by atoms with Crippen molar-refractivity contribution in [1.82, 2.24) is 9.21 Å². The normalized spacial score (nSPS) is 18.1. The highest BCUT2D eigenvalue weighted by Crippen LogP contribution is 2.37. The van der Waals surface area contributed by atoms with Crippen molar-refractivity contribution >= 4 is 10.0 Å². The molecular weight excluding hydrogens is 430 g/mol. The number of halogens is 2. The molecule has 2 aliphatic rings. The third-order valence-electron chi connectivity index (χ3n) is 6.52. The van der Waals surface area contributed by atoms with Gasteiger partial charge in [0.25, 0.3) is 0 Å². The second-order valence-corrected chi connectivity index (χ2v) is 10.2. The summed E-state index contributed by atoms with van der Waals surface area (Å²) in [5, 5.41) is 0. The summed E-state index contributed by atoms with van der Waals surface area (Å²) < 4.78 is 55.6. The van der Waals surface area contributed by atoms with E-state index in [-0.39, 0.29) is 19.1 Å². The number of nitrogens with zero attached hydrogens (tertiary/aromatic N) is 2. The molecule has 3 aromatic carbocycles. The first kappa shape index (κ1) is 21.2. The Morgan fingerprint density at radius 3 is 1.72 bits per heavy atom. The van der Waals surface area contributed by atoms with Crippen molar-refractivity contribution in [3.05, 3.63) is 101 Å². The second-order valence-electron chi connectivity index (χ2n) is 8.29. The van der Waals surface area contributed by atoms with E-state index in [0.717, 1.165) is 25.0 Å². The van der Waals surface area contributed by atoms with E-state index in [9.17, 15) is 17.2 Å². The highest BCUT2D eigenvalue weighted by molar-refractivity contribution is 7.89. The average Bonchev–Trinajstić information content (AvgIpc) is 2.96. The topological polar surface area (TPSA) is 40.6 Å². The number of aryl methyl sites for hydroxylation is 2. The Morgan fingerprint density at radius 1 is 0.688 bits per heavy atom. The van der Waals surface area contributed by atoms with E-state index < -0.39 is 26.6 Å². The summed E-state index contributed by atoms with van der Waals surface area (Å²) in [5.41, 5.74) is 5.09. The Bertz CT molecular complexity index is 1190. The second kappa shape index (κ2) is 8.39. The van der Waals surface area contributed by atoms with Gasteiger partial charge in [0.05, 0.1) is 6.04 Å². The molecule has 1 aliphatic carbocycles. The standard InChI is InChI=1S/C25H24F2N2O2S/c26-22-10-5-11-23(27)25(22)32(30,31)29-16-14-28(15-17-29)24-20-8-3-1-6-18(20)12-13-19-7-2-4-9-21(19)24/h1-11,24H,12-17H2. The van der Waals surface area contributed by atoms with Gasteiger partial charge in [-0.25, -0.2) is 17.2 Å². The minimum atomic E-state index is -4.25. The largest absolute Gasteiger partial charge is 0.290 e. The Hall–Kier alpha value is -2.61. The van der Waals surface area contributed by atoms with Crippen LogP contribution in [0.2, 0.25) is 0 Å². The molecule has 7 heteroatoms. The van der Waals surface area contributed by atoms with Gasteiger partial charge in [-0.2, -0.15) is 4.31 Å². The number of rotatable bonds is 3. The van der Waals surface area contributed by atoms with Crippen LogP contribution in [0.25, 0.3) is 0 Å². The van der Waals surface area contributed by atoms with E-state index in [1.165, 1.54) is 32.6 Å². The smallest absolute Gasteiger partial charge is 0.249 e. The summed E-state index contributed by atoms with van der Waals surface area (Å²) in [7, 11) is -4.25. The lowest BCUT2D eigenvalue weighted by Gasteiger charge is -2.39. The monoisotopic (exact) mass is 454 g/mol. The van der Waals surface area contributed by atoms with Crippen molar-refractivity contribution in [2.24, 2.45) is 0 Å². The number of sulfonamides is 1. The Balaban J connectivity index is 1.45. The Morgan fingerprint density at radius 2 is 1.19 bits per heavy atom. The zero-order chi connectivity index (χ0) is 22.3. The molecule has 1 heterocycles. The lowest BCUT2D eigenvalue weighted by Crippen LogP contribution is -2.50.